The van der Waals surface area contributed by atoms with Crippen LogP contribution in [0.2, 0.25) is 0 Å². The van der Waals surface area contributed by atoms with Crippen molar-refractivity contribution in [2.45, 2.75) is 50.2 Å². The van der Waals surface area contributed by atoms with Crippen LogP contribution in [0.3, 0.4) is 0 Å². The van der Waals surface area contributed by atoms with Gasteiger partial charge in [-0.05, 0) is 137 Å². The molecule has 25 heteroatoms. The predicted molar refractivity (Wildman–Crippen MR) is 272 cm³/mol. The zero-order chi connectivity index (χ0) is 61.5. The summed E-state index contributed by atoms with van der Waals surface area (Å²) >= 11 is 0. The fourth-order valence-corrected chi connectivity index (χ4v) is 10.8. The highest BCUT2D eigenvalue weighted by Gasteiger charge is 2.47. The second-order valence-corrected chi connectivity index (χ2v) is 19.6. The van der Waals surface area contributed by atoms with Crippen LogP contribution in [0.15, 0.2) is 158 Å². The maximum atomic E-state index is 15.4. The number of rotatable bonds is 6. The number of hydrogen-bond acceptors (Lipinski definition) is 2. The SMILES string of the molecule is Cc1cc(-c2ccc3c(c2)c2cnccc2n3-c2ccc(-c3c(C(F)(F)F)cc(C(F)(F)F)cc3C(F)(F)F)cc2)c(C(F)(F)F)cc1-c1ccc2c(c1)c1cnccc1n2-c1ccc(-c2c(C(F)(F)F)cc(C(F)(F)F)cc2C(F)(F)F)cc1. The van der Waals surface area contributed by atoms with E-state index in [2.05, 4.69) is 9.97 Å². The smallest absolute Gasteiger partial charge is 0.309 e. The van der Waals surface area contributed by atoms with Crippen molar-refractivity contribution in [2.24, 2.45) is 0 Å². The van der Waals surface area contributed by atoms with E-state index in [0.717, 1.165) is 54.6 Å². The predicted octanol–water partition coefficient (Wildman–Crippen LogP) is 20.8. The molecule has 0 N–H and O–H groups in total. The lowest BCUT2D eigenvalue weighted by molar-refractivity contribution is -0.150. The largest absolute Gasteiger partial charge is 0.417 e. The molecule has 0 fully saturated rings. The minimum absolute atomic E-state index is 0.0348. The van der Waals surface area contributed by atoms with E-state index in [4.69, 9.17) is 0 Å². The van der Waals surface area contributed by atoms with E-state index in [1.54, 1.807) is 17.6 Å². The Labute approximate surface area is 462 Å². The molecule has 4 heterocycles. The summed E-state index contributed by atoms with van der Waals surface area (Å²) in [5.41, 5.74) is -16.7. The van der Waals surface area contributed by atoms with Crippen molar-refractivity contribution in [1.29, 1.82) is 0 Å². The van der Waals surface area contributed by atoms with E-state index in [1.165, 1.54) is 77.9 Å². The topological polar surface area (TPSA) is 35.6 Å². The van der Waals surface area contributed by atoms with Gasteiger partial charge in [0.1, 0.15) is 0 Å². The van der Waals surface area contributed by atoms with Crippen molar-refractivity contribution in [3.05, 3.63) is 203 Å². The summed E-state index contributed by atoms with van der Waals surface area (Å²) in [6.07, 6.45) is -33.3. The van der Waals surface area contributed by atoms with Crippen LogP contribution in [0.1, 0.15) is 44.5 Å². The number of nitrogens with zero attached hydrogens (tertiary/aromatic N) is 4. The van der Waals surface area contributed by atoms with E-state index >= 15 is 13.2 Å². The van der Waals surface area contributed by atoms with Gasteiger partial charge in [-0.2, -0.15) is 92.2 Å². The van der Waals surface area contributed by atoms with Crippen molar-refractivity contribution in [3.63, 3.8) is 0 Å². The Hall–Kier alpha value is -9.03. The number of benzene rings is 7. The van der Waals surface area contributed by atoms with Crippen LogP contribution in [0.5, 0.6) is 0 Å². The van der Waals surface area contributed by atoms with Gasteiger partial charge in [-0.1, -0.05) is 42.5 Å². The number of alkyl halides is 21. The van der Waals surface area contributed by atoms with Gasteiger partial charge in [0.05, 0.1) is 61.0 Å². The maximum absolute atomic E-state index is 15.4. The third-order valence-corrected chi connectivity index (χ3v) is 14.4. The van der Waals surface area contributed by atoms with Gasteiger partial charge in [-0.3, -0.25) is 9.97 Å². The first-order valence-corrected chi connectivity index (χ1v) is 24.5. The molecule has 11 rings (SSSR count). The highest BCUT2D eigenvalue weighted by molar-refractivity contribution is 6.11. The molecule has 0 unspecified atom stereocenters. The zero-order valence-corrected chi connectivity index (χ0v) is 42.2. The summed E-state index contributed by atoms with van der Waals surface area (Å²) in [5, 5.41) is 1.42. The average molecular weight is 1200 g/mol. The number of halogens is 21. The van der Waals surface area contributed by atoms with Crippen molar-refractivity contribution in [3.8, 4) is 55.9 Å². The van der Waals surface area contributed by atoms with Crippen molar-refractivity contribution >= 4 is 43.6 Å². The number of aryl methyl sites for hydroxylation is 1. The molecule has 7 aromatic carbocycles. The Morgan fingerprint density at radius 2 is 0.612 bits per heavy atom. The van der Waals surface area contributed by atoms with Gasteiger partial charge in [0.15, 0.2) is 0 Å². The van der Waals surface area contributed by atoms with Gasteiger partial charge < -0.3 is 9.13 Å². The first-order chi connectivity index (χ1) is 39.5. The molecule has 4 nitrogen and oxygen atoms in total. The standard InChI is InChI=1S/C60H29F21N4/c1-28-18-38(32-7-13-49-40(20-32)42-27-83-17-15-51(42)85(49)36-10-4-30(5-11-36)53-46(59(76,77)78)23-34(55(64,65)66)24-47(53)60(79,80)81)43(56(67,68)69)25-37(28)31-6-12-48-39(19-31)41-26-82-16-14-50(41)84(48)35-8-2-29(3-9-35)52-44(57(70,71)72)21-33(54(61,62)63)22-45(52)58(73,74)75/h2-27H,1H3. The highest BCUT2D eigenvalue weighted by atomic mass is 19.4. The molecule has 0 aliphatic rings. The molecule has 0 radical (unpaired) electrons. The van der Waals surface area contributed by atoms with Gasteiger partial charge in [0.2, 0.25) is 0 Å². The average Bonchev–Trinajstić information content (AvgIpc) is 1.90. The highest BCUT2D eigenvalue weighted by Crippen LogP contribution is 2.51. The molecule has 0 saturated heterocycles. The van der Waals surface area contributed by atoms with Crippen LogP contribution in [0.4, 0.5) is 92.2 Å². The number of fused-ring (bicyclic) bond motifs is 6. The molecule has 0 bridgehead atoms. The molecule has 0 saturated carbocycles. The Kier molecular flexibility index (Phi) is 13.3. The summed E-state index contributed by atoms with van der Waals surface area (Å²) < 4.78 is 302. The van der Waals surface area contributed by atoms with Crippen LogP contribution < -0.4 is 0 Å². The lowest BCUT2D eigenvalue weighted by atomic mass is 9.90. The Balaban J connectivity index is 0.984. The molecule has 0 spiro atoms. The van der Waals surface area contributed by atoms with Gasteiger partial charge in [-0.25, -0.2) is 0 Å². The zero-order valence-electron chi connectivity index (χ0n) is 42.2. The molecule has 436 valence electrons. The number of hydrogen-bond donors (Lipinski definition) is 0. The summed E-state index contributed by atoms with van der Waals surface area (Å²) in [6.45, 7) is 1.54. The lowest BCUT2D eigenvalue weighted by Gasteiger charge is -2.22. The molecule has 0 aliphatic heterocycles. The maximum Gasteiger partial charge on any atom is 0.417 e. The Bertz CT molecular complexity index is 4400. The third-order valence-electron chi connectivity index (χ3n) is 14.4. The molecular formula is C60H29F21N4. The van der Waals surface area contributed by atoms with Crippen LogP contribution in [-0.2, 0) is 43.2 Å². The lowest BCUT2D eigenvalue weighted by Crippen LogP contribution is -2.18. The second kappa shape index (κ2) is 19.5. The fourth-order valence-electron chi connectivity index (χ4n) is 10.8. The first-order valence-electron chi connectivity index (χ1n) is 24.5. The van der Waals surface area contributed by atoms with Gasteiger partial charge in [-0.15, -0.1) is 0 Å². The molecule has 0 amide bonds. The number of aromatic nitrogens is 4. The van der Waals surface area contributed by atoms with Gasteiger partial charge >= 0.3 is 43.2 Å². The van der Waals surface area contributed by atoms with Gasteiger partial charge in [0, 0.05) is 68.8 Å². The minimum atomic E-state index is -5.67. The van der Waals surface area contributed by atoms with Gasteiger partial charge in [0.25, 0.3) is 0 Å². The van der Waals surface area contributed by atoms with Crippen molar-refractivity contribution in [1.82, 2.24) is 19.1 Å². The van der Waals surface area contributed by atoms with Crippen LogP contribution >= 0.6 is 0 Å². The third kappa shape index (κ3) is 10.3. The summed E-state index contributed by atoms with van der Waals surface area (Å²) in [7, 11) is 0. The van der Waals surface area contributed by atoms with E-state index in [1.807, 2.05) is 0 Å². The normalized spacial score (nSPS) is 13.3. The Morgan fingerprint density at radius 1 is 0.294 bits per heavy atom. The summed E-state index contributed by atoms with van der Waals surface area (Å²) in [5.74, 6) is 0. The second-order valence-electron chi connectivity index (χ2n) is 19.6. The number of pyridine rings is 2. The van der Waals surface area contributed by atoms with E-state index in [0.29, 0.717) is 43.7 Å². The summed E-state index contributed by atoms with van der Waals surface area (Å²) in [6, 6.07) is 20.4. The van der Waals surface area contributed by atoms with Crippen LogP contribution in [-0.4, -0.2) is 19.1 Å². The van der Waals surface area contributed by atoms with E-state index in [9.17, 15) is 79.0 Å². The Morgan fingerprint density at radius 3 is 0.941 bits per heavy atom. The molecule has 85 heavy (non-hydrogen) atoms. The van der Waals surface area contributed by atoms with Crippen molar-refractivity contribution in [2.75, 3.05) is 0 Å². The van der Waals surface area contributed by atoms with Crippen LogP contribution in [0, 0.1) is 6.92 Å². The van der Waals surface area contributed by atoms with Crippen LogP contribution in [0.25, 0.3) is 99.5 Å². The summed E-state index contributed by atoms with van der Waals surface area (Å²) in [4.78, 5) is 8.32. The minimum Gasteiger partial charge on any atom is -0.309 e. The molecule has 0 aliphatic carbocycles. The molecular weight excluding hydrogens is 1180 g/mol. The van der Waals surface area contributed by atoms with E-state index in [-0.39, 0.29) is 39.1 Å². The van der Waals surface area contributed by atoms with E-state index < -0.39 is 129 Å². The van der Waals surface area contributed by atoms with Crippen molar-refractivity contribution < 1.29 is 92.2 Å². The quantitative estimate of drug-likeness (QED) is 0.156. The molecule has 0 atom stereocenters. The monoisotopic (exact) mass is 1200 g/mol. The molecule has 11 aromatic rings. The first kappa shape index (κ1) is 57.8. The molecule has 4 aromatic heterocycles. The fraction of sp³-hybridized carbons (Fsp3) is 0.133.